The second-order valence-corrected chi connectivity index (χ2v) is 3.43. The summed E-state index contributed by atoms with van der Waals surface area (Å²) in [4.78, 5) is 10.9. The third-order valence-corrected chi connectivity index (χ3v) is 2.46. The highest BCUT2D eigenvalue weighted by Crippen LogP contribution is 2.14. The van der Waals surface area contributed by atoms with Crippen LogP contribution >= 0.6 is 0 Å². The first-order valence-electron chi connectivity index (χ1n) is 4.72. The van der Waals surface area contributed by atoms with Crippen molar-refractivity contribution in [3.8, 4) is 0 Å². The van der Waals surface area contributed by atoms with E-state index in [2.05, 4.69) is 0 Å². The average Bonchev–Trinajstić information content (AvgIpc) is 2.27. The average molecular weight is 216 g/mol. The van der Waals surface area contributed by atoms with Crippen molar-refractivity contribution in [1.29, 1.82) is 0 Å². The molecule has 0 bridgehead atoms. The van der Waals surface area contributed by atoms with Crippen molar-refractivity contribution >= 4 is 29.3 Å². The standard InChI is InChI=1S/C11H9BO4/c13-11(14)9-6-5-7-3-1-2-4-8(7)10(9)12(15)16/h1-6,15-16H,(H,13,14). The second-order valence-electron chi connectivity index (χ2n) is 3.43. The van der Waals surface area contributed by atoms with Gasteiger partial charge in [0.25, 0.3) is 0 Å². The summed E-state index contributed by atoms with van der Waals surface area (Å²) in [5.74, 6) is -1.17. The summed E-state index contributed by atoms with van der Waals surface area (Å²) >= 11 is 0. The zero-order chi connectivity index (χ0) is 11.7. The Bertz CT molecular complexity index is 551. The first-order chi connectivity index (χ1) is 7.61. The molecule has 2 rings (SSSR count). The molecular weight excluding hydrogens is 207 g/mol. The summed E-state index contributed by atoms with van der Waals surface area (Å²) in [7, 11) is -1.79. The lowest BCUT2D eigenvalue weighted by atomic mass is 9.74. The molecule has 0 aromatic heterocycles. The van der Waals surface area contributed by atoms with Gasteiger partial charge in [-0.05, 0) is 16.8 Å². The molecular formula is C11H9BO4. The number of hydrogen-bond acceptors (Lipinski definition) is 3. The summed E-state index contributed by atoms with van der Waals surface area (Å²) in [6.07, 6.45) is 0. The summed E-state index contributed by atoms with van der Waals surface area (Å²) in [5.41, 5.74) is -0.0562. The molecule has 0 aliphatic heterocycles. The summed E-state index contributed by atoms with van der Waals surface area (Å²) in [6.45, 7) is 0. The molecule has 5 heteroatoms. The third kappa shape index (κ3) is 1.66. The van der Waals surface area contributed by atoms with Gasteiger partial charge in [0.05, 0.1) is 5.56 Å². The number of hydrogen-bond donors (Lipinski definition) is 3. The van der Waals surface area contributed by atoms with Crippen LogP contribution in [-0.4, -0.2) is 28.2 Å². The molecule has 0 fully saturated rings. The lowest BCUT2D eigenvalue weighted by Gasteiger charge is -2.09. The summed E-state index contributed by atoms with van der Waals surface area (Å²) < 4.78 is 0. The molecule has 16 heavy (non-hydrogen) atoms. The van der Waals surface area contributed by atoms with Crippen molar-refractivity contribution in [2.45, 2.75) is 0 Å². The predicted molar refractivity (Wildman–Crippen MR) is 60.7 cm³/mol. The van der Waals surface area contributed by atoms with Crippen LogP contribution in [0.3, 0.4) is 0 Å². The Balaban J connectivity index is 2.84. The highest BCUT2D eigenvalue weighted by atomic mass is 16.4. The SMILES string of the molecule is O=C(O)c1ccc2ccccc2c1B(O)O. The van der Waals surface area contributed by atoms with E-state index in [-0.39, 0.29) is 11.0 Å². The Morgan fingerprint density at radius 3 is 2.38 bits per heavy atom. The van der Waals surface area contributed by atoms with Crippen molar-refractivity contribution in [3.05, 3.63) is 42.0 Å². The van der Waals surface area contributed by atoms with Crippen LogP contribution in [0.1, 0.15) is 10.4 Å². The number of benzene rings is 2. The Labute approximate surface area is 91.9 Å². The number of aromatic carboxylic acids is 1. The zero-order valence-corrected chi connectivity index (χ0v) is 8.29. The van der Waals surface area contributed by atoms with Gasteiger partial charge in [-0.3, -0.25) is 0 Å². The van der Waals surface area contributed by atoms with Gasteiger partial charge in [-0.2, -0.15) is 0 Å². The molecule has 0 saturated carbocycles. The minimum atomic E-state index is -1.79. The largest absolute Gasteiger partial charge is 0.489 e. The summed E-state index contributed by atoms with van der Waals surface area (Å²) in [5, 5.41) is 28.8. The number of fused-ring (bicyclic) bond motifs is 1. The number of carbonyl (C=O) groups is 1. The molecule has 0 spiro atoms. The van der Waals surface area contributed by atoms with Crippen LogP contribution in [0.4, 0.5) is 0 Å². The van der Waals surface area contributed by atoms with E-state index in [0.29, 0.717) is 5.39 Å². The van der Waals surface area contributed by atoms with Crippen LogP contribution in [0.2, 0.25) is 0 Å². The lowest BCUT2D eigenvalue weighted by molar-refractivity contribution is 0.0698. The number of rotatable bonds is 2. The van der Waals surface area contributed by atoms with Crippen LogP contribution in [0.5, 0.6) is 0 Å². The van der Waals surface area contributed by atoms with Gasteiger partial charge in [-0.1, -0.05) is 30.3 Å². The minimum Gasteiger partial charge on any atom is -0.478 e. The van der Waals surface area contributed by atoms with E-state index in [1.807, 2.05) is 0 Å². The van der Waals surface area contributed by atoms with Gasteiger partial charge in [-0.15, -0.1) is 0 Å². The Morgan fingerprint density at radius 1 is 1.06 bits per heavy atom. The lowest BCUT2D eigenvalue weighted by Crippen LogP contribution is -2.35. The normalized spacial score (nSPS) is 10.4. The van der Waals surface area contributed by atoms with Gasteiger partial charge in [0, 0.05) is 5.46 Å². The maximum atomic E-state index is 10.9. The Hall–Kier alpha value is -1.85. The van der Waals surface area contributed by atoms with Gasteiger partial charge in [0.15, 0.2) is 0 Å². The van der Waals surface area contributed by atoms with E-state index < -0.39 is 13.1 Å². The molecule has 3 N–H and O–H groups in total. The smallest absolute Gasteiger partial charge is 0.478 e. The molecule has 0 heterocycles. The van der Waals surface area contributed by atoms with Gasteiger partial charge >= 0.3 is 13.1 Å². The van der Waals surface area contributed by atoms with Crippen LogP contribution in [-0.2, 0) is 0 Å². The quantitative estimate of drug-likeness (QED) is 0.627. The first kappa shape index (κ1) is 10.7. The molecule has 0 aliphatic rings. The molecule has 4 nitrogen and oxygen atoms in total. The van der Waals surface area contributed by atoms with E-state index in [1.54, 1.807) is 30.3 Å². The van der Waals surface area contributed by atoms with Gasteiger partial charge in [-0.25, -0.2) is 4.79 Å². The predicted octanol–water partition coefficient (Wildman–Crippen LogP) is 0.218. The maximum Gasteiger partial charge on any atom is 0.489 e. The fourth-order valence-electron chi connectivity index (χ4n) is 1.76. The van der Waals surface area contributed by atoms with Crippen molar-refractivity contribution < 1.29 is 19.9 Å². The summed E-state index contributed by atoms with van der Waals surface area (Å²) in [6, 6.07) is 9.99. The molecule has 0 amide bonds. The molecule has 0 atom stereocenters. The topological polar surface area (TPSA) is 77.8 Å². The highest BCUT2D eigenvalue weighted by Gasteiger charge is 2.22. The van der Waals surface area contributed by atoms with Gasteiger partial charge < -0.3 is 15.2 Å². The van der Waals surface area contributed by atoms with Crippen LogP contribution in [0, 0.1) is 0 Å². The molecule has 80 valence electrons. The van der Waals surface area contributed by atoms with E-state index >= 15 is 0 Å². The third-order valence-electron chi connectivity index (χ3n) is 2.46. The van der Waals surface area contributed by atoms with Crippen LogP contribution in [0.15, 0.2) is 36.4 Å². The molecule has 2 aromatic carbocycles. The van der Waals surface area contributed by atoms with E-state index in [4.69, 9.17) is 5.11 Å². The van der Waals surface area contributed by atoms with Crippen LogP contribution in [0.25, 0.3) is 10.8 Å². The zero-order valence-electron chi connectivity index (χ0n) is 8.29. The van der Waals surface area contributed by atoms with E-state index in [0.717, 1.165) is 5.39 Å². The highest BCUT2D eigenvalue weighted by molar-refractivity contribution is 6.63. The maximum absolute atomic E-state index is 10.9. The van der Waals surface area contributed by atoms with Gasteiger partial charge in [0.2, 0.25) is 0 Å². The van der Waals surface area contributed by atoms with Gasteiger partial charge in [0.1, 0.15) is 0 Å². The Kier molecular flexibility index (Phi) is 2.64. The second kappa shape index (κ2) is 3.96. The Morgan fingerprint density at radius 2 is 1.75 bits per heavy atom. The fourth-order valence-corrected chi connectivity index (χ4v) is 1.76. The van der Waals surface area contributed by atoms with Crippen molar-refractivity contribution in [1.82, 2.24) is 0 Å². The van der Waals surface area contributed by atoms with Crippen LogP contribution < -0.4 is 5.46 Å². The molecule has 0 radical (unpaired) electrons. The molecule has 0 saturated heterocycles. The number of carboxylic acids is 1. The molecule has 0 unspecified atom stereocenters. The van der Waals surface area contributed by atoms with Crippen molar-refractivity contribution in [2.24, 2.45) is 0 Å². The monoisotopic (exact) mass is 216 g/mol. The fraction of sp³-hybridized carbons (Fsp3) is 0. The van der Waals surface area contributed by atoms with E-state index in [9.17, 15) is 14.8 Å². The van der Waals surface area contributed by atoms with Crippen molar-refractivity contribution in [2.75, 3.05) is 0 Å². The molecule has 2 aromatic rings. The van der Waals surface area contributed by atoms with Crippen molar-refractivity contribution in [3.63, 3.8) is 0 Å². The van der Waals surface area contributed by atoms with E-state index in [1.165, 1.54) is 6.07 Å². The minimum absolute atomic E-state index is 0.0330. The first-order valence-corrected chi connectivity index (χ1v) is 4.72. The number of carboxylic acid groups (broad SMARTS) is 1. The molecule has 0 aliphatic carbocycles.